The quantitative estimate of drug-likeness (QED) is 0.838. The van der Waals surface area contributed by atoms with Crippen molar-refractivity contribution < 1.29 is 0 Å². The Hall–Kier alpha value is -0.830. The van der Waals surface area contributed by atoms with E-state index in [9.17, 15) is 0 Å². The van der Waals surface area contributed by atoms with Crippen LogP contribution in [-0.4, -0.2) is 0 Å². The lowest BCUT2D eigenvalue weighted by molar-refractivity contribution is 0.574. The Morgan fingerprint density at radius 2 is 1.89 bits per heavy atom. The Bertz CT molecular complexity index is 510. The summed E-state index contributed by atoms with van der Waals surface area (Å²) >= 11 is 9.35. The third kappa shape index (κ3) is 3.84. The minimum Gasteiger partial charge on any atom is -0.306 e. The highest BCUT2D eigenvalue weighted by Gasteiger charge is 2.04. The predicted octanol–water partition coefficient (Wildman–Crippen LogP) is 4.95. The Morgan fingerprint density at radius 3 is 2.56 bits per heavy atom. The van der Waals surface area contributed by atoms with Gasteiger partial charge in [0.15, 0.2) is 0 Å². The van der Waals surface area contributed by atoms with Gasteiger partial charge in [-0.25, -0.2) is 0 Å². The minimum atomic E-state index is 0.318. The number of hydrogen-bond donors (Lipinski definition) is 1. The van der Waals surface area contributed by atoms with Gasteiger partial charge in [-0.2, -0.15) is 0 Å². The first kappa shape index (κ1) is 13.6. The summed E-state index contributed by atoms with van der Waals surface area (Å²) in [7, 11) is 0. The molecule has 0 amide bonds. The summed E-state index contributed by atoms with van der Waals surface area (Å²) in [6.07, 6.45) is 0. The van der Waals surface area contributed by atoms with Crippen molar-refractivity contribution in [2.24, 2.45) is 0 Å². The molecule has 3 heteroatoms. The zero-order valence-electron chi connectivity index (χ0n) is 10.2. The minimum absolute atomic E-state index is 0.318. The average Bonchev–Trinajstić information content (AvgIpc) is 2.38. The van der Waals surface area contributed by atoms with Crippen molar-refractivity contribution in [1.29, 1.82) is 0 Å². The lowest BCUT2D eigenvalue weighted by atomic mass is 10.1. The smallest absolute Gasteiger partial charge is 0.0406 e. The van der Waals surface area contributed by atoms with Crippen molar-refractivity contribution in [2.75, 3.05) is 0 Å². The van der Waals surface area contributed by atoms with Crippen LogP contribution in [0.25, 0.3) is 0 Å². The van der Waals surface area contributed by atoms with Crippen molar-refractivity contribution in [2.45, 2.75) is 19.5 Å². The Labute approximate surface area is 121 Å². The van der Waals surface area contributed by atoms with E-state index in [0.29, 0.717) is 6.04 Å². The van der Waals surface area contributed by atoms with Gasteiger partial charge in [0, 0.05) is 22.1 Å². The molecule has 1 atom stereocenters. The number of rotatable bonds is 4. The highest BCUT2D eigenvalue weighted by Crippen LogP contribution is 2.18. The molecular formula is C15H15BrClN. The number of nitrogens with one attached hydrogen (secondary N) is 1. The Morgan fingerprint density at radius 1 is 1.17 bits per heavy atom. The Kier molecular flexibility index (Phi) is 4.81. The van der Waals surface area contributed by atoms with Crippen molar-refractivity contribution in [3.05, 3.63) is 69.2 Å². The van der Waals surface area contributed by atoms with Gasteiger partial charge in [0.1, 0.15) is 0 Å². The molecule has 0 aromatic heterocycles. The number of hydrogen-bond acceptors (Lipinski definition) is 1. The van der Waals surface area contributed by atoms with E-state index in [0.717, 1.165) is 16.0 Å². The van der Waals surface area contributed by atoms with E-state index < -0.39 is 0 Å². The molecule has 2 aromatic rings. The molecule has 1 N–H and O–H groups in total. The summed E-state index contributed by atoms with van der Waals surface area (Å²) in [5, 5.41) is 4.27. The van der Waals surface area contributed by atoms with Crippen molar-refractivity contribution >= 4 is 27.5 Å². The molecular weight excluding hydrogens is 310 g/mol. The fraction of sp³-hybridized carbons (Fsp3) is 0.200. The van der Waals surface area contributed by atoms with Gasteiger partial charge in [0.05, 0.1) is 0 Å². The van der Waals surface area contributed by atoms with Gasteiger partial charge < -0.3 is 5.32 Å². The van der Waals surface area contributed by atoms with Crippen LogP contribution >= 0.6 is 27.5 Å². The molecule has 0 aliphatic heterocycles. The third-order valence-electron chi connectivity index (χ3n) is 2.87. The van der Waals surface area contributed by atoms with Crippen LogP contribution in [0.2, 0.25) is 5.02 Å². The van der Waals surface area contributed by atoms with E-state index >= 15 is 0 Å². The van der Waals surface area contributed by atoms with E-state index in [1.165, 1.54) is 11.1 Å². The van der Waals surface area contributed by atoms with Gasteiger partial charge in [-0.1, -0.05) is 51.8 Å². The first-order chi connectivity index (χ1) is 8.65. The highest BCUT2D eigenvalue weighted by atomic mass is 79.9. The maximum atomic E-state index is 5.86. The van der Waals surface area contributed by atoms with E-state index in [1.54, 1.807) is 0 Å². The monoisotopic (exact) mass is 323 g/mol. The molecule has 0 aliphatic carbocycles. The average molecular weight is 325 g/mol. The van der Waals surface area contributed by atoms with Crippen LogP contribution in [0.1, 0.15) is 24.1 Å². The summed E-state index contributed by atoms with van der Waals surface area (Å²) in [5.41, 5.74) is 2.51. The van der Waals surface area contributed by atoms with E-state index in [1.807, 2.05) is 30.3 Å². The van der Waals surface area contributed by atoms with Crippen molar-refractivity contribution in [1.82, 2.24) is 5.32 Å². The SMILES string of the molecule is C[C@@H](NCc1ccc(Cl)cc1)c1cccc(Br)c1. The van der Waals surface area contributed by atoms with Gasteiger partial charge in [-0.05, 0) is 42.3 Å². The molecule has 2 aromatic carbocycles. The zero-order chi connectivity index (χ0) is 13.0. The molecule has 0 aliphatic rings. The normalized spacial score (nSPS) is 12.4. The third-order valence-corrected chi connectivity index (χ3v) is 3.62. The number of halogens is 2. The number of benzene rings is 2. The summed E-state index contributed by atoms with van der Waals surface area (Å²) in [6, 6.07) is 16.6. The zero-order valence-corrected chi connectivity index (χ0v) is 12.5. The lowest BCUT2D eigenvalue weighted by Gasteiger charge is -2.14. The molecule has 18 heavy (non-hydrogen) atoms. The molecule has 0 saturated heterocycles. The molecule has 0 fully saturated rings. The van der Waals surface area contributed by atoms with Crippen molar-refractivity contribution in [3.63, 3.8) is 0 Å². The highest BCUT2D eigenvalue weighted by molar-refractivity contribution is 9.10. The molecule has 0 unspecified atom stereocenters. The molecule has 0 bridgehead atoms. The van der Waals surface area contributed by atoms with Crippen LogP contribution in [-0.2, 0) is 6.54 Å². The summed E-state index contributed by atoms with van der Waals surface area (Å²) in [5.74, 6) is 0. The van der Waals surface area contributed by atoms with Crippen LogP contribution in [0.5, 0.6) is 0 Å². The largest absolute Gasteiger partial charge is 0.306 e. The standard InChI is InChI=1S/C15H15BrClN/c1-11(13-3-2-4-14(16)9-13)18-10-12-5-7-15(17)8-6-12/h2-9,11,18H,10H2,1H3/t11-/m1/s1. The molecule has 0 saturated carbocycles. The maximum absolute atomic E-state index is 5.86. The molecule has 0 radical (unpaired) electrons. The first-order valence-electron chi connectivity index (χ1n) is 5.88. The van der Waals surface area contributed by atoms with Gasteiger partial charge >= 0.3 is 0 Å². The lowest BCUT2D eigenvalue weighted by Crippen LogP contribution is -2.17. The second-order valence-corrected chi connectivity index (χ2v) is 5.64. The van der Waals surface area contributed by atoms with E-state index in [2.05, 4.69) is 46.4 Å². The molecule has 0 spiro atoms. The Balaban J connectivity index is 1.96. The maximum Gasteiger partial charge on any atom is 0.0406 e. The van der Waals surface area contributed by atoms with Crippen LogP contribution in [0.3, 0.4) is 0 Å². The second-order valence-electron chi connectivity index (χ2n) is 4.28. The fourth-order valence-electron chi connectivity index (χ4n) is 1.77. The van der Waals surface area contributed by atoms with Crippen LogP contribution < -0.4 is 5.32 Å². The van der Waals surface area contributed by atoms with Crippen LogP contribution in [0.4, 0.5) is 0 Å². The van der Waals surface area contributed by atoms with Gasteiger partial charge in [0.25, 0.3) is 0 Å². The van der Waals surface area contributed by atoms with E-state index in [4.69, 9.17) is 11.6 Å². The molecule has 2 rings (SSSR count). The molecule has 0 heterocycles. The van der Waals surface area contributed by atoms with Crippen LogP contribution in [0.15, 0.2) is 53.0 Å². The molecule has 1 nitrogen and oxygen atoms in total. The topological polar surface area (TPSA) is 12.0 Å². The van der Waals surface area contributed by atoms with Gasteiger partial charge in [-0.3, -0.25) is 0 Å². The fourth-order valence-corrected chi connectivity index (χ4v) is 2.31. The summed E-state index contributed by atoms with van der Waals surface area (Å²) < 4.78 is 1.11. The summed E-state index contributed by atoms with van der Waals surface area (Å²) in [6.45, 7) is 3.00. The van der Waals surface area contributed by atoms with Gasteiger partial charge in [0.2, 0.25) is 0 Å². The van der Waals surface area contributed by atoms with Crippen molar-refractivity contribution in [3.8, 4) is 0 Å². The van der Waals surface area contributed by atoms with Gasteiger partial charge in [-0.15, -0.1) is 0 Å². The first-order valence-corrected chi connectivity index (χ1v) is 7.05. The molecule has 94 valence electrons. The van der Waals surface area contributed by atoms with E-state index in [-0.39, 0.29) is 0 Å². The predicted molar refractivity (Wildman–Crippen MR) is 80.8 cm³/mol. The second kappa shape index (κ2) is 6.37. The summed E-state index contributed by atoms with van der Waals surface area (Å²) in [4.78, 5) is 0. The van der Waals surface area contributed by atoms with Crippen LogP contribution in [0, 0.1) is 0 Å².